The number of esters is 4. The summed E-state index contributed by atoms with van der Waals surface area (Å²) in [5.41, 5.74) is -0.845. The fourth-order valence-electron chi connectivity index (χ4n) is 4.85. The number of carbonyl (C=O) groups is 4. The minimum atomic E-state index is -1.32. The summed E-state index contributed by atoms with van der Waals surface area (Å²) in [7, 11) is 0. The zero-order valence-corrected chi connectivity index (χ0v) is 21.5. The van der Waals surface area contributed by atoms with Crippen LogP contribution in [0.25, 0.3) is 6.08 Å². The molecule has 1 spiro atoms. The summed E-state index contributed by atoms with van der Waals surface area (Å²) < 4.78 is 39.2. The molecule has 0 N–H and O–H groups in total. The first-order valence-corrected chi connectivity index (χ1v) is 11.9. The largest absolute Gasteiger partial charge is 0.456 e. The van der Waals surface area contributed by atoms with Crippen molar-refractivity contribution < 1.29 is 52.3 Å². The third-order valence-corrected chi connectivity index (χ3v) is 5.96. The summed E-state index contributed by atoms with van der Waals surface area (Å²) in [5.74, 6) is -4.39. The molecule has 3 aliphatic rings. The minimum absolute atomic E-state index is 0.0218. The predicted octanol–water partition coefficient (Wildman–Crippen LogP) is 2.82. The summed E-state index contributed by atoms with van der Waals surface area (Å²) in [5, 5.41) is 0. The van der Waals surface area contributed by atoms with Gasteiger partial charge in [-0.3, -0.25) is 9.59 Å². The van der Waals surface area contributed by atoms with E-state index in [1.165, 1.54) is 38.1 Å². The average Bonchev–Trinajstić information content (AvgIpc) is 3.17. The van der Waals surface area contributed by atoms with Crippen molar-refractivity contribution in [3.05, 3.63) is 29.8 Å². The van der Waals surface area contributed by atoms with E-state index in [4.69, 9.17) is 33.2 Å². The van der Waals surface area contributed by atoms with Gasteiger partial charge in [0.2, 0.25) is 5.79 Å². The molecule has 4 rings (SSSR count). The van der Waals surface area contributed by atoms with E-state index < -0.39 is 59.4 Å². The van der Waals surface area contributed by atoms with Gasteiger partial charge in [-0.05, 0) is 37.6 Å². The van der Waals surface area contributed by atoms with Gasteiger partial charge in [-0.2, -0.15) is 0 Å². The number of fused-ring (bicyclic) bond motifs is 1. The third kappa shape index (κ3) is 6.00. The van der Waals surface area contributed by atoms with Gasteiger partial charge in [0.1, 0.15) is 12.2 Å². The number of ether oxygens (including phenoxy) is 7. The lowest BCUT2D eigenvalue weighted by atomic mass is 9.79. The maximum Gasteiger partial charge on any atom is 0.341 e. The van der Waals surface area contributed by atoms with Gasteiger partial charge in [0, 0.05) is 46.6 Å². The van der Waals surface area contributed by atoms with Crippen molar-refractivity contribution >= 4 is 30.0 Å². The Hall–Kier alpha value is -3.28. The molecule has 0 aromatic heterocycles. The Labute approximate surface area is 213 Å². The van der Waals surface area contributed by atoms with E-state index in [2.05, 4.69) is 0 Å². The predicted molar refractivity (Wildman–Crippen MR) is 125 cm³/mol. The molecule has 11 nitrogen and oxygen atoms in total. The first-order chi connectivity index (χ1) is 17.2. The Morgan fingerprint density at radius 1 is 0.946 bits per heavy atom. The summed E-state index contributed by atoms with van der Waals surface area (Å²) in [6, 6.07) is 4.45. The molecule has 2 heterocycles. The van der Waals surface area contributed by atoms with Crippen LogP contribution >= 0.6 is 0 Å². The maximum atomic E-state index is 12.8. The van der Waals surface area contributed by atoms with Crippen molar-refractivity contribution in [1.29, 1.82) is 0 Å². The van der Waals surface area contributed by atoms with Gasteiger partial charge in [0.15, 0.2) is 22.9 Å². The fraction of sp³-hybridized carbons (Fsp3) is 0.538. The molecule has 1 aliphatic carbocycles. The van der Waals surface area contributed by atoms with Gasteiger partial charge in [-0.1, -0.05) is 6.07 Å². The third-order valence-electron chi connectivity index (χ3n) is 5.96. The van der Waals surface area contributed by atoms with Crippen LogP contribution in [0.3, 0.4) is 0 Å². The van der Waals surface area contributed by atoms with Crippen LogP contribution in [0.15, 0.2) is 24.3 Å². The zero-order chi connectivity index (χ0) is 27.2. The number of benzene rings is 1. The van der Waals surface area contributed by atoms with E-state index in [1.807, 2.05) is 0 Å². The molecule has 2 aliphatic heterocycles. The maximum absolute atomic E-state index is 12.8. The highest BCUT2D eigenvalue weighted by atomic mass is 16.8. The molecule has 200 valence electrons. The highest BCUT2D eigenvalue weighted by molar-refractivity contribution is 5.88. The van der Waals surface area contributed by atoms with Gasteiger partial charge in [0.05, 0.1) is 6.10 Å². The summed E-state index contributed by atoms with van der Waals surface area (Å²) in [6.45, 7) is 9.20. The Bertz CT molecular complexity index is 1150. The van der Waals surface area contributed by atoms with Crippen LogP contribution in [0.4, 0.5) is 0 Å². The van der Waals surface area contributed by atoms with Crippen LogP contribution in [-0.4, -0.2) is 59.4 Å². The number of hydrogen-bond donors (Lipinski definition) is 0. The van der Waals surface area contributed by atoms with Crippen LogP contribution in [0.1, 0.15) is 59.9 Å². The van der Waals surface area contributed by atoms with E-state index in [-0.39, 0.29) is 24.3 Å². The van der Waals surface area contributed by atoms with Crippen molar-refractivity contribution in [2.24, 2.45) is 0 Å². The number of hydrogen-bond acceptors (Lipinski definition) is 11. The second-order valence-corrected chi connectivity index (χ2v) is 10.1. The SMILES string of the molecule is CC(=O)Oc1ccc(/C=C/C(=O)O[C@@H]2CC3(C[C@H]4OC(C)(C)O[C@H]24)OC(C)(C)OC3=O)cc1OC(C)=O. The lowest BCUT2D eigenvalue weighted by Gasteiger charge is -2.39. The molecule has 1 unspecified atom stereocenters. The molecular formula is C26H30O11. The van der Waals surface area contributed by atoms with Crippen molar-refractivity contribution in [2.75, 3.05) is 0 Å². The molecule has 4 atom stereocenters. The second kappa shape index (κ2) is 9.55. The van der Waals surface area contributed by atoms with E-state index in [1.54, 1.807) is 33.8 Å². The van der Waals surface area contributed by atoms with Crippen LogP contribution in [0.5, 0.6) is 11.5 Å². The summed E-state index contributed by atoms with van der Waals surface area (Å²) in [4.78, 5) is 48.4. The molecule has 0 radical (unpaired) electrons. The van der Waals surface area contributed by atoms with E-state index >= 15 is 0 Å². The quantitative estimate of drug-likeness (QED) is 0.324. The summed E-state index contributed by atoms with van der Waals surface area (Å²) in [6.07, 6.45) is 0.894. The monoisotopic (exact) mass is 518 g/mol. The van der Waals surface area contributed by atoms with Gasteiger partial charge in [-0.15, -0.1) is 0 Å². The molecule has 2 saturated heterocycles. The molecule has 1 aromatic rings. The number of cyclic esters (lactones) is 1. The smallest absolute Gasteiger partial charge is 0.341 e. The number of rotatable bonds is 5. The van der Waals surface area contributed by atoms with Gasteiger partial charge < -0.3 is 33.2 Å². The van der Waals surface area contributed by atoms with Crippen LogP contribution in [0.2, 0.25) is 0 Å². The minimum Gasteiger partial charge on any atom is -0.456 e. The molecule has 0 amide bonds. The fourth-order valence-corrected chi connectivity index (χ4v) is 4.85. The van der Waals surface area contributed by atoms with Crippen molar-refractivity contribution in [2.45, 2.75) is 89.9 Å². The van der Waals surface area contributed by atoms with Gasteiger partial charge in [0.25, 0.3) is 0 Å². The van der Waals surface area contributed by atoms with Crippen molar-refractivity contribution in [3.8, 4) is 11.5 Å². The molecule has 3 fully saturated rings. The van der Waals surface area contributed by atoms with E-state index in [0.717, 1.165) is 0 Å². The molecule has 37 heavy (non-hydrogen) atoms. The van der Waals surface area contributed by atoms with Crippen LogP contribution < -0.4 is 9.47 Å². The highest BCUT2D eigenvalue weighted by Crippen LogP contribution is 2.48. The molecule has 1 saturated carbocycles. The summed E-state index contributed by atoms with van der Waals surface area (Å²) >= 11 is 0. The lowest BCUT2D eigenvalue weighted by molar-refractivity contribution is -0.195. The first kappa shape index (κ1) is 26.8. The van der Waals surface area contributed by atoms with Crippen LogP contribution in [-0.2, 0) is 42.9 Å². The van der Waals surface area contributed by atoms with E-state index in [9.17, 15) is 19.2 Å². The lowest BCUT2D eigenvalue weighted by Crippen LogP contribution is -2.55. The normalized spacial score (nSPS) is 29.6. The highest BCUT2D eigenvalue weighted by Gasteiger charge is 2.64. The Morgan fingerprint density at radius 3 is 2.24 bits per heavy atom. The topological polar surface area (TPSA) is 133 Å². The zero-order valence-electron chi connectivity index (χ0n) is 21.5. The molecule has 11 heteroatoms. The molecule has 0 bridgehead atoms. The second-order valence-electron chi connectivity index (χ2n) is 10.1. The molecular weight excluding hydrogens is 488 g/mol. The van der Waals surface area contributed by atoms with Gasteiger partial charge >= 0.3 is 23.9 Å². The molecule has 1 aromatic carbocycles. The average molecular weight is 519 g/mol. The first-order valence-electron chi connectivity index (χ1n) is 11.9. The Kier molecular flexibility index (Phi) is 6.91. The van der Waals surface area contributed by atoms with Crippen molar-refractivity contribution in [1.82, 2.24) is 0 Å². The van der Waals surface area contributed by atoms with E-state index in [0.29, 0.717) is 5.56 Å². The Morgan fingerprint density at radius 2 is 1.62 bits per heavy atom. The number of carbonyl (C=O) groups excluding carboxylic acids is 4. The van der Waals surface area contributed by atoms with Gasteiger partial charge in [-0.25, -0.2) is 9.59 Å². The Balaban J connectivity index is 1.52. The standard InChI is InChI=1S/C26H30O11/c1-14(27)31-17-9-7-16(11-18(17)32-15(2)28)8-10-21(29)33-19-12-26(23(30)36-25(5,6)37-26)13-20-22(19)35-24(3,4)34-20/h7-11,19-20,22H,12-13H2,1-6H3/b10-8+/t19-,20-,22-,26?/m1/s1. The van der Waals surface area contributed by atoms with Crippen molar-refractivity contribution in [3.63, 3.8) is 0 Å². The van der Waals surface area contributed by atoms with Crippen LogP contribution in [0, 0.1) is 0 Å².